The molecule has 90 valence electrons. The Bertz CT molecular complexity index is 326. The van der Waals surface area contributed by atoms with E-state index in [2.05, 4.69) is 15.9 Å². The summed E-state index contributed by atoms with van der Waals surface area (Å²) in [5.74, 6) is 1.31. The fraction of sp³-hybridized carbons (Fsp3) is 0.455. The standard InChI is InChI=1S/C11H15BrO4/c1-13-9-6-4-5-8(12)11(9)16-7-10(14-2)15-3/h4-6,10H,7H2,1-3H3. The second-order valence-corrected chi connectivity index (χ2v) is 3.84. The van der Waals surface area contributed by atoms with Crippen LogP contribution >= 0.6 is 15.9 Å². The number of benzene rings is 1. The minimum atomic E-state index is -0.392. The van der Waals surface area contributed by atoms with Crippen molar-refractivity contribution in [3.05, 3.63) is 22.7 Å². The fourth-order valence-corrected chi connectivity index (χ4v) is 1.64. The van der Waals surface area contributed by atoms with E-state index >= 15 is 0 Å². The summed E-state index contributed by atoms with van der Waals surface area (Å²) in [5, 5.41) is 0. The van der Waals surface area contributed by atoms with Gasteiger partial charge in [-0.3, -0.25) is 0 Å². The van der Waals surface area contributed by atoms with E-state index in [0.29, 0.717) is 18.1 Å². The van der Waals surface area contributed by atoms with Crippen LogP contribution in [0.4, 0.5) is 0 Å². The summed E-state index contributed by atoms with van der Waals surface area (Å²) in [4.78, 5) is 0. The van der Waals surface area contributed by atoms with Gasteiger partial charge in [-0.15, -0.1) is 0 Å². The zero-order valence-electron chi connectivity index (χ0n) is 9.53. The van der Waals surface area contributed by atoms with Crippen LogP contribution in [0.3, 0.4) is 0 Å². The van der Waals surface area contributed by atoms with Crippen LogP contribution in [0.5, 0.6) is 11.5 Å². The Balaban J connectivity index is 2.72. The number of methoxy groups -OCH3 is 3. The highest BCUT2D eigenvalue weighted by Gasteiger charge is 2.12. The predicted octanol–water partition coefficient (Wildman–Crippen LogP) is 2.46. The van der Waals surface area contributed by atoms with Crippen molar-refractivity contribution in [1.82, 2.24) is 0 Å². The van der Waals surface area contributed by atoms with Gasteiger partial charge in [-0.25, -0.2) is 0 Å². The van der Waals surface area contributed by atoms with Crippen LogP contribution in [0.2, 0.25) is 0 Å². The van der Waals surface area contributed by atoms with Crippen LogP contribution in [0.1, 0.15) is 0 Å². The van der Waals surface area contributed by atoms with Crippen LogP contribution in [0.15, 0.2) is 22.7 Å². The van der Waals surface area contributed by atoms with Gasteiger partial charge in [-0.1, -0.05) is 6.07 Å². The summed E-state index contributed by atoms with van der Waals surface area (Å²) >= 11 is 3.40. The van der Waals surface area contributed by atoms with E-state index in [4.69, 9.17) is 18.9 Å². The highest BCUT2D eigenvalue weighted by molar-refractivity contribution is 9.10. The molecule has 0 radical (unpaired) electrons. The van der Waals surface area contributed by atoms with E-state index in [-0.39, 0.29) is 0 Å². The second kappa shape index (κ2) is 6.73. The minimum absolute atomic E-state index is 0.298. The molecule has 0 bridgehead atoms. The zero-order valence-corrected chi connectivity index (χ0v) is 11.1. The average molecular weight is 291 g/mol. The van der Waals surface area contributed by atoms with Gasteiger partial charge in [-0.05, 0) is 28.1 Å². The fourth-order valence-electron chi connectivity index (χ4n) is 1.17. The molecule has 4 nitrogen and oxygen atoms in total. The molecule has 5 heteroatoms. The zero-order chi connectivity index (χ0) is 12.0. The average Bonchev–Trinajstić information content (AvgIpc) is 2.31. The van der Waals surface area contributed by atoms with Crippen molar-refractivity contribution in [2.75, 3.05) is 27.9 Å². The van der Waals surface area contributed by atoms with Crippen LogP contribution in [0, 0.1) is 0 Å². The first-order valence-electron chi connectivity index (χ1n) is 4.73. The quantitative estimate of drug-likeness (QED) is 0.754. The molecule has 0 aliphatic heterocycles. The summed E-state index contributed by atoms with van der Waals surface area (Å²) in [6.45, 7) is 0.298. The number of hydrogen-bond donors (Lipinski definition) is 0. The van der Waals surface area contributed by atoms with Crippen molar-refractivity contribution in [2.45, 2.75) is 6.29 Å². The smallest absolute Gasteiger partial charge is 0.191 e. The largest absolute Gasteiger partial charge is 0.493 e. The Morgan fingerprint density at radius 3 is 2.44 bits per heavy atom. The first-order chi connectivity index (χ1) is 7.72. The van der Waals surface area contributed by atoms with Gasteiger partial charge in [0, 0.05) is 14.2 Å². The molecule has 0 amide bonds. The Kier molecular flexibility index (Phi) is 5.59. The molecule has 1 aromatic carbocycles. The van der Waals surface area contributed by atoms with Gasteiger partial charge in [0.1, 0.15) is 6.61 Å². The maximum atomic E-state index is 5.58. The molecule has 0 aliphatic rings. The molecule has 16 heavy (non-hydrogen) atoms. The molecular weight excluding hydrogens is 276 g/mol. The van der Waals surface area contributed by atoms with Crippen LogP contribution in [-0.4, -0.2) is 34.2 Å². The van der Waals surface area contributed by atoms with Gasteiger partial charge in [0.15, 0.2) is 17.8 Å². The molecule has 0 N–H and O–H groups in total. The van der Waals surface area contributed by atoms with Crippen LogP contribution in [0.25, 0.3) is 0 Å². The Morgan fingerprint density at radius 1 is 1.19 bits per heavy atom. The summed E-state index contributed by atoms with van der Waals surface area (Å²) in [5.41, 5.74) is 0. The number of ether oxygens (including phenoxy) is 4. The van der Waals surface area contributed by atoms with Crippen LogP contribution < -0.4 is 9.47 Å². The van der Waals surface area contributed by atoms with E-state index in [0.717, 1.165) is 4.47 Å². The van der Waals surface area contributed by atoms with E-state index in [1.807, 2.05) is 18.2 Å². The van der Waals surface area contributed by atoms with Crippen molar-refractivity contribution < 1.29 is 18.9 Å². The van der Waals surface area contributed by atoms with Crippen LogP contribution in [-0.2, 0) is 9.47 Å². The Morgan fingerprint density at radius 2 is 1.88 bits per heavy atom. The third kappa shape index (κ3) is 3.37. The molecule has 0 unspecified atom stereocenters. The lowest BCUT2D eigenvalue weighted by Crippen LogP contribution is -2.22. The topological polar surface area (TPSA) is 36.9 Å². The number of rotatable bonds is 6. The first kappa shape index (κ1) is 13.3. The third-order valence-corrected chi connectivity index (χ3v) is 2.66. The molecule has 1 aromatic rings. The normalized spacial score (nSPS) is 10.6. The Labute approximate surface area is 104 Å². The monoisotopic (exact) mass is 290 g/mol. The van der Waals surface area contributed by atoms with Crippen molar-refractivity contribution in [3.8, 4) is 11.5 Å². The number of hydrogen-bond acceptors (Lipinski definition) is 4. The van der Waals surface area contributed by atoms with Gasteiger partial charge < -0.3 is 18.9 Å². The molecule has 0 spiro atoms. The highest BCUT2D eigenvalue weighted by atomic mass is 79.9. The van der Waals surface area contributed by atoms with E-state index in [1.165, 1.54) is 0 Å². The summed E-state index contributed by atoms with van der Waals surface area (Å²) in [7, 11) is 4.72. The first-order valence-corrected chi connectivity index (χ1v) is 5.53. The van der Waals surface area contributed by atoms with Gasteiger partial charge in [-0.2, -0.15) is 0 Å². The van der Waals surface area contributed by atoms with E-state index in [1.54, 1.807) is 21.3 Å². The van der Waals surface area contributed by atoms with Crippen molar-refractivity contribution in [3.63, 3.8) is 0 Å². The highest BCUT2D eigenvalue weighted by Crippen LogP contribution is 2.34. The van der Waals surface area contributed by atoms with Crippen molar-refractivity contribution >= 4 is 15.9 Å². The molecule has 1 rings (SSSR count). The van der Waals surface area contributed by atoms with Gasteiger partial charge in [0.25, 0.3) is 0 Å². The minimum Gasteiger partial charge on any atom is -0.493 e. The third-order valence-electron chi connectivity index (χ3n) is 2.04. The Hall–Kier alpha value is -0.780. The number of halogens is 1. The van der Waals surface area contributed by atoms with Gasteiger partial charge in [0.2, 0.25) is 0 Å². The predicted molar refractivity (Wildman–Crippen MR) is 64.0 cm³/mol. The van der Waals surface area contributed by atoms with Gasteiger partial charge in [0.05, 0.1) is 11.6 Å². The molecule has 0 heterocycles. The molecular formula is C11H15BrO4. The van der Waals surface area contributed by atoms with Crippen molar-refractivity contribution in [1.29, 1.82) is 0 Å². The summed E-state index contributed by atoms with van der Waals surface area (Å²) in [6.07, 6.45) is -0.392. The molecule has 0 saturated carbocycles. The number of para-hydroxylation sites is 1. The lowest BCUT2D eigenvalue weighted by Gasteiger charge is -2.16. The van der Waals surface area contributed by atoms with Gasteiger partial charge >= 0.3 is 0 Å². The molecule has 0 fully saturated rings. The molecule has 0 aliphatic carbocycles. The maximum absolute atomic E-state index is 5.58. The second-order valence-electron chi connectivity index (χ2n) is 2.98. The SMILES string of the molecule is COc1cccc(Br)c1OCC(OC)OC. The lowest BCUT2D eigenvalue weighted by molar-refractivity contribution is -0.122. The molecule has 0 saturated heterocycles. The summed E-state index contributed by atoms with van der Waals surface area (Å²) < 4.78 is 21.7. The van der Waals surface area contributed by atoms with E-state index < -0.39 is 6.29 Å². The van der Waals surface area contributed by atoms with Crippen molar-refractivity contribution in [2.24, 2.45) is 0 Å². The molecule has 0 atom stereocenters. The van der Waals surface area contributed by atoms with E-state index in [9.17, 15) is 0 Å². The molecule has 0 aromatic heterocycles. The lowest BCUT2D eigenvalue weighted by atomic mass is 10.3. The maximum Gasteiger partial charge on any atom is 0.191 e. The summed E-state index contributed by atoms with van der Waals surface area (Å²) in [6, 6.07) is 5.58.